The fourth-order valence-electron chi connectivity index (χ4n) is 10.4. The fourth-order valence-corrected chi connectivity index (χ4v) is 11.1. The van der Waals surface area contributed by atoms with Crippen molar-refractivity contribution in [1.82, 2.24) is 5.32 Å². The molecule has 0 radical (unpaired) electrons. The minimum atomic E-state index is -4.37. The van der Waals surface area contributed by atoms with Gasteiger partial charge in [0.25, 0.3) is 0 Å². The number of rotatable bonds is 65. The van der Waals surface area contributed by atoms with Crippen molar-refractivity contribution in [3.63, 3.8) is 0 Å². The van der Waals surface area contributed by atoms with Gasteiger partial charge in [0.1, 0.15) is 13.2 Å². The molecule has 8 nitrogen and oxygen atoms in total. The lowest BCUT2D eigenvalue weighted by Crippen LogP contribution is -2.45. The minimum absolute atomic E-state index is 0.0517. The molecule has 0 aliphatic rings. The van der Waals surface area contributed by atoms with Crippen LogP contribution in [0.1, 0.15) is 335 Å². The Kier molecular flexibility index (Phi) is 61.8. The van der Waals surface area contributed by atoms with Crippen molar-refractivity contribution in [2.75, 3.05) is 40.9 Å². The van der Waals surface area contributed by atoms with Crippen LogP contribution in [-0.4, -0.2) is 73.4 Å². The first-order valence-electron chi connectivity index (χ1n) is 35.3. The Balaban J connectivity index is 4.14. The number of aliphatic hydroxyl groups is 1. The van der Waals surface area contributed by atoms with Crippen molar-refractivity contribution >= 4 is 13.7 Å². The molecule has 0 aliphatic carbocycles. The molecule has 480 valence electrons. The van der Waals surface area contributed by atoms with E-state index in [9.17, 15) is 19.4 Å². The number of aliphatic hydroxyl groups excluding tert-OH is 1. The Morgan fingerprint density at radius 2 is 0.707 bits per heavy atom. The van der Waals surface area contributed by atoms with Gasteiger partial charge in [0.15, 0.2) is 0 Å². The molecule has 0 heterocycles. The van der Waals surface area contributed by atoms with Gasteiger partial charge in [-0.1, -0.05) is 318 Å². The van der Waals surface area contributed by atoms with Gasteiger partial charge >= 0.3 is 7.82 Å². The van der Waals surface area contributed by atoms with Crippen molar-refractivity contribution in [3.8, 4) is 0 Å². The number of quaternary nitrogens is 1. The first kappa shape index (κ1) is 79.9. The van der Waals surface area contributed by atoms with Crippen molar-refractivity contribution in [1.29, 1.82) is 0 Å². The molecule has 1 amide bonds. The molecule has 0 saturated carbocycles. The fraction of sp³-hybridized carbons (Fsp3) is 0.822. The number of amides is 1. The summed E-state index contributed by atoms with van der Waals surface area (Å²) in [5.74, 6) is -0.189. The van der Waals surface area contributed by atoms with E-state index in [0.29, 0.717) is 17.4 Å². The molecule has 0 bridgehead atoms. The molecule has 3 unspecified atom stereocenters. The Bertz CT molecular complexity index is 1570. The molecule has 0 aromatic rings. The molecular weight excluding hydrogens is 1030 g/mol. The van der Waals surface area contributed by atoms with Crippen LogP contribution in [0.5, 0.6) is 0 Å². The highest BCUT2D eigenvalue weighted by Crippen LogP contribution is 2.43. The van der Waals surface area contributed by atoms with Gasteiger partial charge in [-0.05, 0) is 83.5 Å². The van der Waals surface area contributed by atoms with Crippen LogP contribution in [0.3, 0.4) is 0 Å². The van der Waals surface area contributed by atoms with Crippen LogP contribution in [0.4, 0.5) is 0 Å². The van der Waals surface area contributed by atoms with Crippen molar-refractivity contribution in [2.24, 2.45) is 0 Å². The zero-order chi connectivity index (χ0) is 59.8. The Hall–Kier alpha value is -2.06. The average molecular weight is 1170 g/mol. The molecule has 0 spiro atoms. The maximum Gasteiger partial charge on any atom is 0.472 e. The largest absolute Gasteiger partial charge is 0.472 e. The number of unbranched alkanes of at least 4 members (excludes halogenated alkanes) is 42. The highest BCUT2D eigenvalue weighted by molar-refractivity contribution is 7.47. The summed E-state index contributed by atoms with van der Waals surface area (Å²) in [6.07, 6.45) is 89.2. The number of nitrogens with one attached hydrogen (secondary N) is 1. The standard InChI is InChI=1S/C73H137N2O6P/c1-6-8-10-12-14-16-18-20-22-24-26-28-30-32-34-36-37-39-40-42-44-46-48-50-52-54-56-58-60-62-64-66-72(76)71(70-81-82(78,79)80-69-68-75(3,4)5)74-73(77)67-65-63-61-59-57-55-53-51-49-47-45-43-41-38-35-33-31-29-27-25-23-21-19-17-15-13-11-9-7-2/h19,21,25,27,31,33,48,50,56,58,64,66,71-72,76H,6-18,20,22-24,26,28-30,32,34-47,49,51-55,57,59-63,65,67-70H2,1-5H3,(H-,74,77,78,79)/p+1/b21-19-,27-25-,33-31-,50-48+,58-56+,66-64+. The Morgan fingerprint density at radius 3 is 1.06 bits per heavy atom. The van der Waals surface area contributed by atoms with E-state index < -0.39 is 20.0 Å². The van der Waals surface area contributed by atoms with Gasteiger partial charge in [0, 0.05) is 6.42 Å². The second kappa shape index (κ2) is 63.4. The molecule has 0 aliphatic heterocycles. The zero-order valence-corrected chi connectivity index (χ0v) is 55.9. The summed E-state index contributed by atoms with van der Waals surface area (Å²) in [4.78, 5) is 23.4. The zero-order valence-electron chi connectivity index (χ0n) is 55.0. The molecule has 0 aromatic carbocycles. The lowest BCUT2D eigenvalue weighted by molar-refractivity contribution is -0.870. The average Bonchev–Trinajstić information content (AvgIpc) is 3.47. The molecule has 0 fully saturated rings. The Labute approximate surface area is 510 Å². The third kappa shape index (κ3) is 65.5. The quantitative estimate of drug-likeness (QED) is 0.0243. The molecule has 9 heteroatoms. The van der Waals surface area contributed by atoms with Gasteiger partial charge in [-0.3, -0.25) is 13.8 Å². The number of carbonyl (C=O) groups is 1. The van der Waals surface area contributed by atoms with E-state index in [1.807, 2.05) is 27.2 Å². The Morgan fingerprint density at radius 1 is 0.415 bits per heavy atom. The van der Waals surface area contributed by atoms with E-state index in [1.54, 1.807) is 6.08 Å². The number of hydrogen-bond donors (Lipinski definition) is 3. The number of phosphoric ester groups is 1. The monoisotopic (exact) mass is 1170 g/mol. The van der Waals surface area contributed by atoms with Crippen LogP contribution >= 0.6 is 7.82 Å². The molecule has 0 aromatic heterocycles. The number of nitrogens with zero attached hydrogens (tertiary/aromatic N) is 1. The van der Waals surface area contributed by atoms with E-state index in [0.717, 1.165) is 57.8 Å². The lowest BCUT2D eigenvalue weighted by Gasteiger charge is -2.25. The predicted molar refractivity (Wildman–Crippen MR) is 360 cm³/mol. The molecule has 0 saturated heterocycles. The summed E-state index contributed by atoms with van der Waals surface area (Å²) in [7, 11) is 1.55. The van der Waals surface area contributed by atoms with Crippen LogP contribution in [-0.2, 0) is 18.4 Å². The number of allylic oxidation sites excluding steroid dienone is 11. The third-order valence-corrected chi connectivity index (χ3v) is 16.9. The van der Waals surface area contributed by atoms with Gasteiger partial charge in [-0.25, -0.2) is 4.57 Å². The summed E-state index contributed by atoms with van der Waals surface area (Å²) in [5.41, 5.74) is 0. The van der Waals surface area contributed by atoms with Gasteiger partial charge < -0.3 is 19.8 Å². The van der Waals surface area contributed by atoms with Crippen LogP contribution in [0.2, 0.25) is 0 Å². The minimum Gasteiger partial charge on any atom is -0.387 e. The number of likely N-dealkylation sites (N-methyl/N-ethyl adjacent to an activating group) is 1. The van der Waals surface area contributed by atoms with E-state index >= 15 is 0 Å². The van der Waals surface area contributed by atoms with E-state index in [1.165, 1.54) is 257 Å². The van der Waals surface area contributed by atoms with E-state index in [4.69, 9.17) is 9.05 Å². The van der Waals surface area contributed by atoms with Crippen molar-refractivity contribution < 1.29 is 32.9 Å². The summed E-state index contributed by atoms with van der Waals surface area (Å²) >= 11 is 0. The normalized spacial score (nSPS) is 14.1. The number of phosphoric acid groups is 1. The van der Waals surface area contributed by atoms with Crippen molar-refractivity contribution in [2.45, 2.75) is 347 Å². The van der Waals surface area contributed by atoms with Crippen LogP contribution in [0.25, 0.3) is 0 Å². The predicted octanol–water partition coefficient (Wildman–Crippen LogP) is 22.6. The van der Waals surface area contributed by atoms with Gasteiger partial charge in [0.05, 0.1) is 39.9 Å². The molecule has 0 rings (SSSR count). The maximum atomic E-state index is 13.0. The van der Waals surface area contributed by atoms with Gasteiger partial charge in [-0.15, -0.1) is 0 Å². The van der Waals surface area contributed by atoms with Crippen molar-refractivity contribution in [3.05, 3.63) is 72.9 Å². The summed E-state index contributed by atoms with van der Waals surface area (Å²) in [5, 5.41) is 14.0. The molecule has 82 heavy (non-hydrogen) atoms. The summed E-state index contributed by atoms with van der Waals surface area (Å²) in [6, 6.07) is -0.875. The first-order chi connectivity index (χ1) is 40.0. The third-order valence-electron chi connectivity index (χ3n) is 15.9. The first-order valence-corrected chi connectivity index (χ1v) is 36.8. The van der Waals surface area contributed by atoms with E-state index in [-0.39, 0.29) is 19.1 Å². The van der Waals surface area contributed by atoms with Crippen LogP contribution < -0.4 is 5.32 Å². The molecular formula is C73H138N2O6P+. The smallest absolute Gasteiger partial charge is 0.387 e. The second-order valence-corrected chi connectivity index (χ2v) is 26.7. The van der Waals surface area contributed by atoms with E-state index in [2.05, 4.69) is 79.9 Å². The highest BCUT2D eigenvalue weighted by Gasteiger charge is 2.28. The second-order valence-electron chi connectivity index (χ2n) is 25.2. The molecule has 3 N–H and O–H groups in total. The number of carbonyl (C=O) groups excluding carboxylic acids is 1. The summed E-state index contributed by atoms with van der Waals surface area (Å²) < 4.78 is 23.8. The van der Waals surface area contributed by atoms with Gasteiger partial charge in [-0.2, -0.15) is 0 Å². The number of hydrogen-bond acceptors (Lipinski definition) is 5. The lowest BCUT2D eigenvalue weighted by atomic mass is 10.0. The topological polar surface area (TPSA) is 105 Å². The molecule has 3 atom stereocenters. The van der Waals surface area contributed by atoms with Gasteiger partial charge in [0.2, 0.25) is 5.91 Å². The highest BCUT2D eigenvalue weighted by atomic mass is 31.2. The van der Waals surface area contributed by atoms with Crippen LogP contribution in [0.15, 0.2) is 72.9 Å². The van der Waals surface area contributed by atoms with Crippen LogP contribution in [0, 0.1) is 0 Å². The summed E-state index contributed by atoms with van der Waals surface area (Å²) in [6.45, 7) is 4.81. The maximum absolute atomic E-state index is 13.0. The SMILES string of the molecule is CCCCCCC/C=C\C/C=C\C/C=C\CCCCCCCCCCCCCCCCC(=O)NC(COP(=O)(O)OCC[N+](C)(C)C)C(O)/C=C/CC/C=C/CC/C=C/CCCCCCCCCCCCCCCCCCCCCCC.